The molecule has 1 saturated heterocycles. The van der Waals surface area contributed by atoms with Crippen molar-refractivity contribution in [3.05, 3.63) is 59.2 Å². The van der Waals surface area contributed by atoms with Crippen LogP contribution in [0.4, 0.5) is 11.4 Å². The molecule has 1 unspecified atom stereocenters. The number of carboxylic acid groups (broad SMARTS) is 1. The standard InChI is InChI=1S/C20H20N2O5/c1-12-7-8-14(20(25)26)11-16(12)22-18(23)13-4-2-5-15(10-13)21-19(24)17-6-3-9-27-17/h2,4-5,7-8,10-11,17H,3,6,9H2,1H3,(H,21,24)(H,22,23)(H,25,26). The van der Waals surface area contributed by atoms with E-state index in [2.05, 4.69) is 10.6 Å². The average Bonchev–Trinajstić information content (AvgIpc) is 3.18. The quantitative estimate of drug-likeness (QED) is 0.752. The Kier molecular flexibility index (Phi) is 5.52. The molecule has 0 aliphatic carbocycles. The lowest BCUT2D eigenvalue weighted by Gasteiger charge is -2.12. The number of carboxylic acids is 1. The minimum absolute atomic E-state index is 0.0912. The van der Waals surface area contributed by atoms with Gasteiger partial charge in [0, 0.05) is 23.5 Å². The van der Waals surface area contributed by atoms with Gasteiger partial charge in [-0.15, -0.1) is 0 Å². The number of hydrogen-bond acceptors (Lipinski definition) is 4. The lowest BCUT2D eigenvalue weighted by molar-refractivity contribution is -0.124. The number of nitrogens with one attached hydrogen (secondary N) is 2. The number of ether oxygens (including phenoxy) is 1. The van der Waals surface area contributed by atoms with Gasteiger partial charge >= 0.3 is 5.97 Å². The van der Waals surface area contributed by atoms with Gasteiger partial charge in [0.05, 0.1) is 5.56 Å². The molecule has 0 bridgehead atoms. The Morgan fingerprint density at radius 3 is 2.59 bits per heavy atom. The fourth-order valence-electron chi connectivity index (χ4n) is 2.83. The molecule has 2 aromatic rings. The lowest BCUT2D eigenvalue weighted by Crippen LogP contribution is -2.27. The highest BCUT2D eigenvalue weighted by Crippen LogP contribution is 2.20. The molecule has 1 atom stereocenters. The van der Waals surface area contributed by atoms with Crippen LogP contribution in [0.2, 0.25) is 0 Å². The molecule has 27 heavy (non-hydrogen) atoms. The topological polar surface area (TPSA) is 105 Å². The number of carbonyl (C=O) groups excluding carboxylic acids is 2. The molecule has 0 aromatic heterocycles. The van der Waals surface area contributed by atoms with Crippen molar-refractivity contribution in [2.75, 3.05) is 17.2 Å². The fourth-order valence-corrected chi connectivity index (χ4v) is 2.83. The maximum absolute atomic E-state index is 12.5. The molecule has 7 nitrogen and oxygen atoms in total. The molecule has 1 aliphatic rings. The van der Waals surface area contributed by atoms with E-state index >= 15 is 0 Å². The number of benzene rings is 2. The molecule has 1 heterocycles. The molecule has 1 aliphatic heterocycles. The van der Waals surface area contributed by atoms with Gasteiger partial charge in [-0.25, -0.2) is 4.79 Å². The SMILES string of the molecule is Cc1ccc(C(=O)O)cc1NC(=O)c1cccc(NC(=O)C2CCCO2)c1. The highest BCUT2D eigenvalue weighted by atomic mass is 16.5. The molecular formula is C20H20N2O5. The van der Waals surface area contributed by atoms with E-state index in [1.165, 1.54) is 12.1 Å². The largest absolute Gasteiger partial charge is 0.478 e. The fraction of sp³-hybridized carbons (Fsp3) is 0.250. The van der Waals surface area contributed by atoms with E-state index in [1.807, 2.05) is 0 Å². The second kappa shape index (κ2) is 8.01. The number of aryl methyl sites for hydroxylation is 1. The first-order chi connectivity index (χ1) is 12.9. The first-order valence-electron chi connectivity index (χ1n) is 8.62. The third kappa shape index (κ3) is 4.51. The van der Waals surface area contributed by atoms with Gasteiger partial charge in [-0.3, -0.25) is 9.59 Å². The van der Waals surface area contributed by atoms with E-state index in [-0.39, 0.29) is 11.5 Å². The normalized spacial score (nSPS) is 16.0. The molecule has 1 fully saturated rings. The van der Waals surface area contributed by atoms with Crippen LogP contribution in [0.3, 0.4) is 0 Å². The van der Waals surface area contributed by atoms with Gasteiger partial charge in [-0.2, -0.15) is 0 Å². The van der Waals surface area contributed by atoms with E-state index in [4.69, 9.17) is 9.84 Å². The van der Waals surface area contributed by atoms with Crippen LogP contribution in [0.15, 0.2) is 42.5 Å². The summed E-state index contributed by atoms with van der Waals surface area (Å²) in [5.41, 5.74) is 2.11. The Labute approximate surface area is 156 Å². The Morgan fingerprint density at radius 1 is 1.07 bits per heavy atom. The molecule has 0 radical (unpaired) electrons. The second-order valence-electron chi connectivity index (χ2n) is 6.36. The van der Waals surface area contributed by atoms with Crippen molar-refractivity contribution in [1.29, 1.82) is 0 Å². The Hall–Kier alpha value is -3.19. The minimum Gasteiger partial charge on any atom is -0.478 e. The number of aromatic carboxylic acids is 1. The van der Waals surface area contributed by atoms with Crippen molar-refractivity contribution < 1.29 is 24.2 Å². The monoisotopic (exact) mass is 368 g/mol. The molecule has 7 heteroatoms. The number of hydrogen-bond donors (Lipinski definition) is 3. The smallest absolute Gasteiger partial charge is 0.335 e. The molecule has 140 valence electrons. The average molecular weight is 368 g/mol. The van der Waals surface area contributed by atoms with Gasteiger partial charge in [0.25, 0.3) is 11.8 Å². The van der Waals surface area contributed by atoms with Gasteiger partial charge in [-0.1, -0.05) is 12.1 Å². The van der Waals surface area contributed by atoms with Crippen LogP contribution in [-0.2, 0) is 9.53 Å². The van der Waals surface area contributed by atoms with E-state index in [9.17, 15) is 14.4 Å². The van der Waals surface area contributed by atoms with Gasteiger partial charge in [0.2, 0.25) is 0 Å². The molecule has 0 spiro atoms. The first-order valence-corrected chi connectivity index (χ1v) is 8.62. The van der Waals surface area contributed by atoms with Crippen LogP contribution in [0.25, 0.3) is 0 Å². The van der Waals surface area contributed by atoms with E-state index < -0.39 is 18.0 Å². The summed E-state index contributed by atoms with van der Waals surface area (Å²) in [5.74, 6) is -1.69. The summed E-state index contributed by atoms with van der Waals surface area (Å²) in [7, 11) is 0. The molecule has 2 aromatic carbocycles. The zero-order valence-electron chi connectivity index (χ0n) is 14.8. The van der Waals surface area contributed by atoms with Crippen molar-refractivity contribution >= 4 is 29.2 Å². The van der Waals surface area contributed by atoms with Crippen LogP contribution in [0, 0.1) is 6.92 Å². The van der Waals surface area contributed by atoms with E-state index in [1.54, 1.807) is 37.3 Å². The Bertz CT molecular complexity index is 888. The summed E-state index contributed by atoms with van der Waals surface area (Å²) in [4.78, 5) is 35.8. The van der Waals surface area contributed by atoms with Gasteiger partial charge in [0.1, 0.15) is 6.10 Å². The maximum atomic E-state index is 12.5. The number of amides is 2. The first kappa shape index (κ1) is 18.6. The summed E-state index contributed by atoms with van der Waals surface area (Å²) in [5, 5.41) is 14.6. The molecule has 3 rings (SSSR count). The Morgan fingerprint density at radius 2 is 1.89 bits per heavy atom. The van der Waals surface area contributed by atoms with Crippen LogP contribution in [-0.4, -0.2) is 35.6 Å². The number of carbonyl (C=O) groups is 3. The van der Waals surface area contributed by atoms with E-state index in [0.717, 1.165) is 12.0 Å². The highest BCUT2D eigenvalue weighted by Gasteiger charge is 2.23. The van der Waals surface area contributed by atoms with Gasteiger partial charge < -0.3 is 20.5 Å². The second-order valence-corrected chi connectivity index (χ2v) is 6.36. The number of rotatable bonds is 5. The van der Waals surface area contributed by atoms with E-state index in [0.29, 0.717) is 30.0 Å². The zero-order chi connectivity index (χ0) is 19.4. The van der Waals surface area contributed by atoms with Gasteiger partial charge in [-0.05, 0) is 55.7 Å². The summed E-state index contributed by atoms with van der Waals surface area (Å²) in [6, 6.07) is 11.1. The lowest BCUT2D eigenvalue weighted by atomic mass is 10.1. The van der Waals surface area contributed by atoms with Crippen molar-refractivity contribution in [2.45, 2.75) is 25.9 Å². The molecule has 0 saturated carbocycles. The number of anilines is 2. The maximum Gasteiger partial charge on any atom is 0.335 e. The highest BCUT2D eigenvalue weighted by molar-refractivity contribution is 6.06. The van der Waals surface area contributed by atoms with Crippen molar-refractivity contribution in [3.8, 4) is 0 Å². The molecule has 3 N–H and O–H groups in total. The Balaban J connectivity index is 1.73. The summed E-state index contributed by atoms with van der Waals surface area (Å²) in [6.07, 6.45) is 1.09. The minimum atomic E-state index is -1.07. The van der Waals surface area contributed by atoms with Crippen LogP contribution in [0.1, 0.15) is 39.1 Å². The van der Waals surface area contributed by atoms with Crippen LogP contribution < -0.4 is 10.6 Å². The summed E-state index contributed by atoms with van der Waals surface area (Å²) >= 11 is 0. The predicted molar refractivity (Wildman–Crippen MR) is 100 cm³/mol. The zero-order valence-corrected chi connectivity index (χ0v) is 14.8. The van der Waals surface area contributed by atoms with Gasteiger partial charge in [0.15, 0.2) is 0 Å². The van der Waals surface area contributed by atoms with Crippen molar-refractivity contribution in [2.24, 2.45) is 0 Å². The molecule has 2 amide bonds. The molecular weight excluding hydrogens is 348 g/mol. The third-order valence-corrected chi connectivity index (χ3v) is 4.35. The van der Waals surface area contributed by atoms with Crippen LogP contribution >= 0.6 is 0 Å². The van der Waals surface area contributed by atoms with Crippen LogP contribution in [0.5, 0.6) is 0 Å². The van der Waals surface area contributed by atoms with Crippen molar-refractivity contribution in [3.63, 3.8) is 0 Å². The summed E-state index contributed by atoms with van der Waals surface area (Å²) < 4.78 is 5.35. The predicted octanol–water partition coefficient (Wildman–Crippen LogP) is 3.06. The third-order valence-electron chi connectivity index (χ3n) is 4.35. The van der Waals surface area contributed by atoms with Crippen molar-refractivity contribution in [1.82, 2.24) is 0 Å². The summed E-state index contributed by atoms with van der Waals surface area (Å²) in [6.45, 7) is 2.36.